The standard InChI is InChI=1S/C18H18FN5O3/c1-2-12-16(19)17(21-10-20-12)27-11-5-6-24(9-11)18(25)14-8-13(22-23-14)15-4-3-7-26-15/h3-4,7-8,10-11H,2,5-6,9H2,1H3,(H,22,23)/t11-/m0/s1. The zero-order valence-electron chi connectivity index (χ0n) is 14.7. The third-order valence-electron chi connectivity index (χ3n) is 4.46. The van der Waals surface area contributed by atoms with Gasteiger partial charge in [0.1, 0.15) is 18.1 Å². The minimum absolute atomic E-state index is 0.0685. The highest BCUT2D eigenvalue weighted by Crippen LogP contribution is 2.23. The van der Waals surface area contributed by atoms with E-state index in [9.17, 15) is 9.18 Å². The summed E-state index contributed by atoms with van der Waals surface area (Å²) in [5.74, 6) is -0.219. The van der Waals surface area contributed by atoms with Gasteiger partial charge in [0.25, 0.3) is 11.8 Å². The number of H-pyrrole nitrogens is 1. The molecule has 0 spiro atoms. The third kappa shape index (κ3) is 3.40. The summed E-state index contributed by atoms with van der Waals surface area (Å²) in [6.07, 6.45) is 3.56. The SMILES string of the molecule is CCc1ncnc(O[C@H]2CCN(C(=O)c3cc(-c4ccco4)[nH]n3)C2)c1F. The van der Waals surface area contributed by atoms with Crippen LogP contribution >= 0.6 is 0 Å². The van der Waals surface area contributed by atoms with Gasteiger partial charge in [-0.2, -0.15) is 14.5 Å². The molecule has 0 aromatic carbocycles. The smallest absolute Gasteiger partial charge is 0.274 e. The molecule has 1 aliphatic heterocycles. The van der Waals surface area contributed by atoms with Crippen molar-refractivity contribution in [3.05, 3.63) is 48.0 Å². The number of amides is 1. The number of ether oxygens (including phenoxy) is 1. The first kappa shape index (κ1) is 17.2. The van der Waals surface area contributed by atoms with E-state index >= 15 is 0 Å². The lowest BCUT2D eigenvalue weighted by Crippen LogP contribution is -2.31. The number of carbonyl (C=O) groups is 1. The number of likely N-dealkylation sites (tertiary alicyclic amines) is 1. The van der Waals surface area contributed by atoms with Gasteiger partial charge in [-0.3, -0.25) is 9.89 Å². The van der Waals surface area contributed by atoms with Crippen LogP contribution in [0.15, 0.2) is 35.2 Å². The summed E-state index contributed by atoms with van der Waals surface area (Å²) in [6, 6.07) is 5.19. The minimum Gasteiger partial charge on any atom is -0.470 e. The molecule has 0 unspecified atom stereocenters. The predicted octanol–water partition coefficient (Wildman–Crippen LogP) is 2.45. The van der Waals surface area contributed by atoms with E-state index in [1.54, 1.807) is 29.4 Å². The summed E-state index contributed by atoms with van der Waals surface area (Å²) in [4.78, 5) is 22.0. The molecule has 1 N–H and O–H groups in total. The van der Waals surface area contributed by atoms with Crippen molar-refractivity contribution in [1.29, 1.82) is 0 Å². The molecule has 3 aromatic heterocycles. The fraction of sp³-hybridized carbons (Fsp3) is 0.333. The van der Waals surface area contributed by atoms with E-state index in [0.717, 1.165) is 0 Å². The van der Waals surface area contributed by atoms with Gasteiger partial charge in [-0.05, 0) is 18.6 Å². The summed E-state index contributed by atoms with van der Waals surface area (Å²) >= 11 is 0. The van der Waals surface area contributed by atoms with Crippen molar-refractivity contribution in [2.45, 2.75) is 25.9 Å². The maximum absolute atomic E-state index is 14.2. The highest BCUT2D eigenvalue weighted by molar-refractivity contribution is 5.93. The molecule has 0 saturated carbocycles. The number of aryl methyl sites for hydroxylation is 1. The second-order valence-electron chi connectivity index (χ2n) is 6.22. The van der Waals surface area contributed by atoms with Crippen LogP contribution in [0.25, 0.3) is 11.5 Å². The summed E-state index contributed by atoms with van der Waals surface area (Å²) < 4.78 is 25.2. The Kier molecular flexibility index (Phi) is 4.57. The monoisotopic (exact) mass is 371 g/mol. The van der Waals surface area contributed by atoms with Crippen LogP contribution < -0.4 is 4.74 Å². The van der Waals surface area contributed by atoms with E-state index in [2.05, 4.69) is 20.2 Å². The largest absolute Gasteiger partial charge is 0.470 e. The van der Waals surface area contributed by atoms with Crippen LogP contribution in [0, 0.1) is 5.82 Å². The van der Waals surface area contributed by atoms with Gasteiger partial charge in [0, 0.05) is 19.0 Å². The molecule has 1 atom stereocenters. The summed E-state index contributed by atoms with van der Waals surface area (Å²) in [7, 11) is 0. The summed E-state index contributed by atoms with van der Waals surface area (Å²) in [5, 5.41) is 6.86. The molecule has 4 rings (SSSR count). The van der Waals surface area contributed by atoms with E-state index < -0.39 is 5.82 Å². The number of halogens is 1. The van der Waals surface area contributed by atoms with Crippen LogP contribution in [-0.2, 0) is 6.42 Å². The molecule has 1 aliphatic rings. The molecule has 3 aromatic rings. The number of carbonyl (C=O) groups excluding carboxylic acids is 1. The van der Waals surface area contributed by atoms with Crippen molar-refractivity contribution in [1.82, 2.24) is 25.1 Å². The Hall–Kier alpha value is -3.23. The molecule has 1 saturated heterocycles. The Morgan fingerprint density at radius 2 is 2.37 bits per heavy atom. The zero-order valence-corrected chi connectivity index (χ0v) is 14.7. The van der Waals surface area contributed by atoms with Gasteiger partial charge in [0.2, 0.25) is 5.82 Å². The van der Waals surface area contributed by atoms with E-state index in [-0.39, 0.29) is 17.9 Å². The quantitative estimate of drug-likeness (QED) is 0.740. The lowest BCUT2D eigenvalue weighted by Gasteiger charge is -2.16. The molecule has 9 heteroatoms. The van der Waals surface area contributed by atoms with Crippen molar-refractivity contribution in [3.63, 3.8) is 0 Å². The number of furan rings is 1. The minimum atomic E-state index is -0.542. The van der Waals surface area contributed by atoms with Crippen LogP contribution in [0.2, 0.25) is 0 Å². The molecule has 27 heavy (non-hydrogen) atoms. The first-order chi connectivity index (χ1) is 13.2. The average molecular weight is 371 g/mol. The van der Waals surface area contributed by atoms with Gasteiger partial charge < -0.3 is 14.1 Å². The maximum atomic E-state index is 14.2. The van der Waals surface area contributed by atoms with E-state index in [1.807, 2.05) is 6.92 Å². The first-order valence-corrected chi connectivity index (χ1v) is 8.70. The molecule has 1 amide bonds. The Labute approximate surface area is 154 Å². The molecular formula is C18H18FN5O3. The van der Waals surface area contributed by atoms with Crippen molar-refractivity contribution < 1.29 is 18.3 Å². The van der Waals surface area contributed by atoms with Gasteiger partial charge in [0.05, 0.1) is 18.5 Å². The first-order valence-electron chi connectivity index (χ1n) is 8.70. The van der Waals surface area contributed by atoms with Crippen LogP contribution in [0.1, 0.15) is 29.5 Å². The fourth-order valence-electron chi connectivity index (χ4n) is 3.03. The highest BCUT2D eigenvalue weighted by Gasteiger charge is 2.30. The highest BCUT2D eigenvalue weighted by atomic mass is 19.1. The normalized spacial score (nSPS) is 16.7. The third-order valence-corrected chi connectivity index (χ3v) is 4.46. The van der Waals surface area contributed by atoms with E-state index in [1.165, 1.54) is 6.33 Å². The van der Waals surface area contributed by atoms with Gasteiger partial charge >= 0.3 is 0 Å². The Morgan fingerprint density at radius 3 is 3.15 bits per heavy atom. The lowest BCUT2D eigenvalue weighted by atomic mass is 10.3. The van der Waals surface area contributed by atoms with E-state index in [4.69, 9.17) is 9.15 Å². The van der Waals surface area contributed by atoms with Gasteiger partial charge in [-0.15, -0.1) is 0 Å². The molecule has 140 valence electrons. The van der Waals surface area contributed by atoms with Gasteiger partial charge in [0.15, 0.2) is 11.5 Å². The van der Waals surface area contributed by atoms with Crippen LogP contribution in [0.4, 0.5) is 4.39 Å². The van der Waals surface area contributed by atoms with Crippen LogP contribution in [-0.4, -0.2) is 50.2 Å². The molecule has 8 nitrogen and oxygen atoms in total. The van der Waals surface area contributed by atoms with Gasteiger partial charge in [-0.25, -0.2) is 4.98 Å². The number of aromatic amines is 1. The molecule has 0 radical (unpaired) electrons. The maximum Gasteiger partial charge on any atom is 0.274 e. The van der Waals surface area contributed by atoms with Crippen molar-refractivity contribution in [2.24, 2.45) is 0 Å². The second kappa shape index (κ2) is 7.18. The lowest BCUT2D eigenvalue weighted by molar-refractivity contribution is 0.0764. The fourth-order valence-corrected chi connectivity index (χ4v) is 3.03. The number of hydrogen-bond acceptors (Lipinski definition) is 6. The van der Waals surface area contributed by atoms with Crippen LogP contribution in [0.5, 0.6) is 5.88 Å². The molecule has 0 bridgehead atoms. The second-order valence-corrected chi connectivity index (χ2v) is 6.22. The number of rotatable bonds is 5. The number of nitrogens with one attached hydrogen (secondary N) is 1. The summed E-state index contributed by atoms with van der Waals surface area (Å²) in [5.41, 5.74) is 1.24. The van der Waals surface area contributed by atoms with Crippen molar-refractivity contribution in [2.75, 3.05) is 13.1 Å². The van der Waals surface area contributed by atoms with Crippen LogP contribution in [0.3, 0.4) is 0 Å². The zero-order chi connectivity index (χ0) is 18.8. The Morgan fingerprint density at radius 1 is 1.48 bits per heavy atom. The number of nitrogens with zero attached hydrogens (tertiary/aromatic N) is 4. The molecular weight excluding hydrogens is 353 g/mol. The predicted molar refractivity (Wildman–Crippen MR) is 92.6 cm³/mol. The molecule has 0 aliphatic carbocycles. The summed E-state index contributed by atoms with van der Waals surface area (Å²) in [6.45, 7) is 2.65. The molecule has 1 fully saturated rings. The van der Waals surface area contributed by atoms with Crippen molar-refractivity contribution in [3.8, 4) is 17.3 Å². The topological polar surface area (TPSA) is 97.1 Å². The number of aromatic nitrogens is 4. The molecule has 4 heterocycles. The van der Waals surface area contributed by atoms with Gasteiger partial charge in [-0.1, -0.05) is 6.92 Å². The van der Waals surface area contributed by atoms with Crippen molar-refractivity contribution >= 4 is 5.91 Å². The number of hydrogen-bond donors (Lipinski definition) is 1. The van der Waals surface area contributed by atoms with E-state index in [0.29, 0.717) is 48.8 Å². The average Bonchev–Trinajstić information content (AvgIpc) is 3.43. The Balaban J connectivity index is 1.41. The Bertz CT molecular complexity index is 940.